The fourth-order valence-electron chi connectivity index (χ4n) is 2.05. The Morgan fingerprint density at radius 3 is 2.21 bits per heavy atom. The van der Waals surface area contributed by atoms with Crippen molar-refractivity contribution in [1.82, 2.24) is 0 Å². The van der Waals surface area contributed by atoms with Gasteiger partial charge in [0, 0.05) is 11.3 Å². The summed E-state index contributed by atoms with van der Waals surface area (Å²) in [5, 5.41) is 0.675. The van der Waals surface area contributed by atoms with Crippen molar-refractivity contribution in [3.63, 3.8) is 0 Å². The number of ether oxygens (including phenoxy) is 1. The Kier molecular flexibility index (Phi) is 3.87. The Hall–Kier alpha value is -0.705. The van der Waals surface area contributed by atoms with Crippen molar-refractivity contribution in [2.45, 2.75) is 45.2 Å². The zero-order valence-electron chi connectivity index (χ0n) is 12.1. The van der Waals surface area contributed by atoms with E-state index in [4.69, 9.17) is 25.6 Å². The predicted octanol–water partition coefficient (Wildman–Crippen LogP) is 3.52. The number of hydrogen-bond donors (Lipinski definition) is 0. The second kappa shape index (κ2) is 5.00. The zero-order valence-corrected chi connectivity index (χ0v) is 12.9. The highest BCUT2D eigenvalue weighted by molar-refractivity contribution is 6.45. The van der Waals surface area contributed by atoms with Crippen molar-refractivity contribution < 1.29 is 14.0 Å². The van der Waals surface area contributed by atoms with Gasteiger partial charge in [-0.2, -0.15) is 0 Å². The maximum absolute atomic E-state index is 6.24. The van der Waals surface area contributed by atoms with Crippen LogP contribution in [-0.4, -0.2) is 25.4 Å². The third kappa shape index (κ3) is 2.91. The summed E-state index contributed by atoms with van der Waals surface area (Å²) in [5.41, 5.74) is 0.383. The largest absolute Gasteiger partial charge is 0.497 e. The molecule has 1 aliphatic heterocycles. The number of benzene rings is 1. The van der Waals surface area contributed by atoms with Gasteiger partial charge in [-0.05, 0) is 45.4 Å². The smallest absolute Gasteiger partial charge is 0.462 e. The Morgan fingerprint density at radius 2 is 1.74 bits per heavy atom. The Morgan fingerprint density at radius 1 is 1.16 bits per heavy atom. The van der Waals surface area contributed by atoms with Gasteiger partial charge >= 0.3 is 7.12 Å². The summed E-state index contributed by atoms with van der Waals surface area (Å²) in [6, 6.07) is 5.65. The Bertz CT molecular complexity index is 458. The molecule has 0 radical (unpaired) electrons. The first-order chi connectivity index (χ1) is 8.75. The van der Waals surface area contributed by atoms with Crippen LogP contribution < -0.4 is 4.74 Å². The van der Waals surface area contributed by atoms with Gasteiger partial charge < -0.3 is 14.0 Å². The minimum absolute atomic E-state index is 0.268. The lowest BCUT2D eigenvalue weighted by molar-refractivity contribution is 0.00578. The van der Waals surface area contributed by atoms with Crippen LogP contribution in [0.15, 0.2) is 18.2 Å². The van der Waals surface area contributed by atoms with Crippen LogP contribution in [-0.2, 0) is 15.6 Å². The van der Waals surface area contributed by atoms with Crippen molar-refractivity contribution in [3.05, 3.63) is 28.8 Å². The van der Waals surface area contributed by atoms with Crippen LogP contribution in [0.4, 0.5) is 0 Å². The van der Waals surface area contributed by atoms with Gasteiger partial charge in [0.15, 0.2) is 0 Å². The molecule has 19 heavy (non-hydrogen) atoms. The molecule has 0 aromatic heterocycles. The molecule has 1 aromatic carbocycles. The second-order valence-electron chi connectivity index (χ2n) is 5.85. The van der Waals surface area contributed by atoms with Crippen molar-refractivity contribution in [1.29, 1.82) is 0 Å². The molecule has 2 rings (SSSR count). The molecular formula is C14H20BClO3. The van der Waals surface area contributed by atoms with Gasteiger partial charge in [-0.1, -0.05) is 17.7 Å². The van der Waals surface area contributed by atoms with Crippen LogP contribution in [0.2, 0.25) is 5.02 Å². The molecule has 0 aliphatic carbocycles. The standard InChI is InChI=1S/C14H20BClO3/c1-13(2)14(3,4)19-15(18-13)9-10-6-7-11(17-5)8-12(10)16/h6-8H,9H2,1-5H3. The zero-order chi connectivity index (χ0) is 14.3. The van der Waals surface area contributed by atoms with E-state index in [1.165, 1.54) is 0 Å². The molecule has 104 valence electrons. The van der Waals surface area contributed by atoms with Gasteiger partial charge in [0.2, 0.25) is 0 Å². The van der Waals surface area contributed by atoms with Crippen LogP contribution in [0.3, 0.4) is 0 Å². The highest BCUT2D eigenvalue weighted by Gasteiger charge is 2.50. The first-order valence-electron chi connectivity index (χ1n) is 6.43. The van der Waals surface area contributed by atoms with E-state index in [1.54, 1.807) is 7.11 Å². The third-order valence-electron chi connectivity index (χ3n) is 3.95. The third-order valence-corrected chi connectivity index (χ3v) is 4.30. The summed E-state index contributed by atoms with van der Waals surface area (Å²) in [5.74, 6) is 0.752. The first-order valence-corrected chi connectivity index (χ1v) is 6.81. The van der Waals surface area contributed by atoms with Crippen molar-refractivity contribution in [2.24, 2.45) is 0 Å². The summed E-state index contributed by atoms with van der Waals surface area (Å²) in [4.78, 5) is 0. The van der Waals surface area contributed by atoms with Gasteiger partial charge in [-0.15, -0.1) is 0 Å². The second-order valence-corrected chi connectivity index (χ2v) is 6.25. The minimum Gasteiger partial charge on any atom is -0.497 e. The van der Waals surface area contributed by atoms with E-state index in [0.29, 0.717) is 11.3 Å². The number of methoxy groups -OCH3 is 1. The summed E-state index contributed by atoms with van der Waals surface area (Å²) in [6.07, 6.45) is 0.635. The summed E-state index contributed by atoms with van der Waals surface area (Å²) >= 11 is 6.24. The SMILES string of the molecule is COc1ccc(CB2OC(C)(C)C(C)(C)O2)c(Cl)c1. The molecule has 0 saturated carbocycles. The quantitative estimate of drug-likeness (QED) is 0.794. The highest BCUT2D eigenvalue weighted by Crippen LogP contribution is 2.38. The van der Waals surface area contributed by atoms with E-state index in [9.17, 15) is 0 Å². The molecule has 3 nitrogen and oxygen atoms in total. The molecule has 5 heteroatoms. The average molecular weight is 283 g/mol. The lowest BCUT2D eigenvalue weighted by atomic mass is 9.81. The molecule has 1 aromatic rings. The molecular weight excluding hydrogens is 262 g/mol. The molecule has 1 aliphatic rings. The minimum atomic E-state index is -0.309. The molecule has 0 bridgehead atoms. The van der Waals surface area contributed by atoms with E-state index in [2.05, 4.69) is 0 Å². The van der Waals surface area contributed by atoms with E-state index in [0.717, 1.165) is 11.3 Å². The van der Waals surface area contributed by atoms with E-state index in [-0.39, 0.29) is 18.3 Å². The summed E-state index contributed by atoms with van der Waals surface area (Å²) < 4.78 is 17.1. The summed E-state index contributed by atoms with van der Waals surface area (Å²) in [6.45, 7) is 8.18. The topological polar surface area (TPSA) is 27.7 Å². The number of hydrogen-bond acceptors (Lipinski definition) is 3. The van der Waals surface area contributed by atoms with Crippen LogP contribution in [0.5, 0.6) is 5.75 Å². The predicted molar refractivity (Wildman–Crippen MR) is 77.8 cm³/mol. The van der Waals surface area contributed by atoms with Crippen LogP contribution in [0.1, 0.15) is 33.3 Å². The van der Waals surface area contributed by atoms with Gasteiger partial charge in [0.1, 0.15) is 5.75 Å². The lowest BCUT2D eigenvalue weighted by Crippen LogP contribution is -2.41. The molecule has 0 unspecified atom stereocenters. The Balaban J connectivity index is 2.11. The van der Waals surface area contributed by atoms with Gasteiger partial charge in [0.25, 0.3) is 0 Å². The summed E-state index contributed by atoms with van der Waals surface area (Å²) in [7, 11) is 1.36. The first kappa shape index (κ1) is 14.7. The molecule has 1 saturated heterocycles. The van der Waals surface area contributed by atoms with Crippen LogP contribution in [0.25, 0.3) is 0 Å². The molecule has 0 atom stereocenters. The fraction of sp³-hybridized carbons (Fsp3) is 0.571. The normalized spacial score (nSPS) is 20.6. The molecule has 0 N–H and O–H groups in total. The molecule has 1 fully saturated rings. The maximum Gasteiger partial charge on any atom is 0.462 e. The van der Waals surface area contributed by atoms with Crippen LogP contribution >= 0.6 is 11.6 Å². The number of rotatable bonds is 3. The van der Waals surface area contributed by atoms with E-state index >= 15 is 0 Å². The van der Waals surface area contributed by atoms with E-state index in [1.807, 2.05) is 45.9 Å². The average Bonchev–Trinajstić information content (AvgIpc) is 2.50. The fourth-order valence-corrected chi connectivity index (χ4v) is 2.30. The maximum atomic E-state index is 6.24. The molecule has 0 spiro atoms. The van der Waals surface area contributed by atoms with Crippen LogP contribution in [0, 0.1) is 0 Å². The molecule has 1 heterocycles. The highest BCUT2D eigenvalue weighted by atomic mass is 35.5. The van der Waals surface area contributed by atoms with E-state index < -0.39 is 0 Å². The van der Waals surface area contributed by atoms with Gasteiger partial charge in [-0.3, -0.25) is 0 Å². The Labute approximate surface area is 120 Å². The van der Waals surface area contributed by atoms with Gasteiger partial charge in [0.05, 0.1) is 18.3 Å². The number of halogens is 1. The van der Waals surface area contributed by atoms with Gasteiger partial charge in [-0.25, -0.2) is 0 Å². The van der Waals surface area contributed by atoms with Crippen molar-refractivity contribution in [2.75, 3.05) is 7.11 Å². The lowest BCUT2D eigenvalue weighted by Gasteiger charge is -2.32. The van der Waals surface area contributed by atoms with Crippen molar-refractivity contribution in [3.8, 4) is 5.75 Å². The molecule has 0 amide bonds. The monoisotopic (exact) mass is 282 g/mol. The van der Waals surface area contributed by atoms with Crippen molar-refractivity contribution >= 4 is 18.7 Å².